The van der Waals surface area contributed by atoms with Crippen molar-refractivity contribution in [3.8, 4) is 17.6 Å². The average Bonchev–Trinajstić information content (AvgIpc) is 3.44. The summed E-state index contributed by atoms with van der Waals surface area (Å²) in [6.45, 7) is 2.05. The van der Waals surface area contributed by atoms with Crippen molar-refractivity contribution in [3.63, 3.8) is 0 Å². The van der Waals surface area contributed by atoms with Crippen molar-refractivity contribution in [2.45, 2.75) is 38.4 Å². The number of carbonyl (C=O) groups excluding carboxylic acids is 1. The summed E-state index contributed by atoms with van der Waals surface area (Å²) in [5.74, 6) is 6.49. The van der Waals surface area contributed by atoms with Crippen molar-refractivity contribution in [3.05, 3.63) is 57.9 Å². The van der Waals surface area contributed by atoms with Crippen LogP contribution in [0.2, 0.25) is 0 Å². The third-order valence-electron chi connectivity index (χ3n) is 7.04. The summed E-state index contributed by atoms with van der Waals surface area (Å²) < 4.78 is 21.2. The van der Waals surface area contributed by atoms with E-state index in [1.54, 1.807) is 42.8 Å². The molecule has 0 bridgehead atoms. The number of aromatic nitrogens is 1. The van der Waals surface area contributed by atoms with Crippen LogP contribution in [0.5, 0.6) is 5.75 Å². The van der Waals surface area contributed by atoms with Gasteiger partial charge in [0.2, 0.25) is 5.91 Å². The Kier molecular flexibility index (Phi) is 8.54. The predicted molar refractivity (Wildman–Crippen MR) is 139 cm³/mol. The van der Waals surface area contributed by atoms with Crippen LogP contribution in [-0.4, -0.2) is 47.7 Å². The number of halogens is 1. The van der Waals surface area contributed by atoms with Crippen molar-refractivity contribution >= 4 is 28.1 Å². The second-order valence-corrected chi connectivity index (χ2v) is 10.0. The van der Waals surface area contributed by atoms with Gasteiger partial charge in [0.15, 0.2) is 0 Å². The van der Waals surface area contributed by atoms with E-state index in [-0.39, 0.29) is 13.0 Å². The van der Waals surface area contributed by atoms with E-state index in [0.717, 1.165) is 4.88 Å². The number of hydroxylamine groups is 1. The first-order valence-corrected chi connectivity index (χ1v) is 12.9. The van der Waals surface area contributed by atoms with Gasteiger partial charge < -0.3 is 10.5 Å². The Labute approximate surface area is 214 Å². The molecular formula is C27H31FN4O3S. The molecule has 9 heteroatoms. The summed E-state index contributed by atoms with van der Waals surface area (Å²) in [6.07, 6.45) is 1.72. The maximum absolute atomic E-state index is 15.9. The summed E-state index contributed by atoms with van der Waals surface area (Å²) in [7, 11) is 1.56. The Morgan fingerprint density at radius 1 is 1.39 bits per heavy atom. The number of amides is 1. The van der Waals surface area contributed by atoms with Crippen molar-refractivity contribution in [1.29, 1.82) is 0 Å². The predicted octanol–water partition coefficient (Wildman–Crippen LogP) is 4.19. The van der Waals surface area contributed by atoms with Crippen LogP contribution >= 0.6 is 11.3 Å². The average molecular weight is 511 g/mol. The normalized spacial score (nSPS) is 16.2. The van der Waals surface area contributed by atoms with E-state index in [0.29, 0.717) is 66.7 Å². The molecule has 0 saturated carbocycles. The molecule has 0 radical (unpaired) electrons. The SMILES string of the molecule is COc1ccc2ncc(CN)c([C@H](F)CCC3(C(=O)NO)CCN(CC#Cc4cccs4)CC3)c2c1. The van der Waals surface area contributed by atoms with Crippen LogP contribution in [0.15, 0.2) is 41.9 Å². The molecule has 0 spiro atoms. The molecule has 7 nitrogen and oxygen atoms in total. The molecule has 1 amide bonds. The molecule has 2 aromatic heterocycles. The van der Waals surface area contributed by atoms with E-state index < -0.39 is 17.5 Å². The largest absolute Gasteiger partial charge is 0.497 e. The van der Waals surface area contributed by atoms with Gasteiger partial charge in [-0.1, -0.05) is 17.9 Å². The van der Waals surface area contributed by atoms with Gasteiger partial charge in [-0.3, -0.25) is 19.9 Å². The number of nitrogens with two attached hydrogens (primary N) is 1. The lowest BCUT2D eigenvalue weighted by Crippen LogP contribution is -2.48. The van der Waals surface area contributed by atoms with Gasteiger partial charge >= 0.3 is 0 Å². The minimum atomic E-state index is -1.35. The van der Waals surface area contributed by atoms with Crippen molar-refractivity contribution in [2.75, 3.05) is 26.7 Å². The smallest absolute Gasteiger partial charge is 0.249 e. The molecule has 3 aromatic rings. The summed E-state index contributed by atoms with van der Waals surface area (Å²) in [5.41, 5.74) is 8.68. The lowest BCUT2D eigenvalue weighted by Gasteiger charge is -2.40. The maximum atomic E-state index is 15.9. The number of ether oxygens (including phenoxy) is 1. The number of rotatable bonds is 8. The van der Waals surface area contributed by atoms with Crippen LogP contribution in [0.3, 0.4) is 0 Å². The number of nitrogens with zero attached hydrogens (tertiary/aromatic N) is 2. The third-order valence-corrected chi connectivity index (χ3v) is 7.83. The number of likely N-dealkylation sites (tertiary alicyclic amines) is 1. The zero-order valence-electron chi connectivity index (χ0n) is 20.3. The number of hydrogen-bond donors (Lipinski definition) is 3. The van der Waals surface area contributed by atoms with Gasteiger partial charge in [-0.05, 0) is 60.9 Å². The zero-order chi connectivity index (χ0) is 25.5. The Balaban J connectivity index is 1.48. The third kappa shape index (κ3) is 5.68. The minimum absolute atomic E-state index is 0.120. The first kappa shape index (κ1) is 26.0. The van der Waals surface area contributed by atoms with Crippen LogP contribution in [-0.2, 0) is 11.3 Å². The lowest BCUT2D eigenvalue weighted by molar-refractivity contribution is -0.143. The van der Waals surface area contributed by atoms with Crippen LogP contribution < -0.4 is 16.0 Å². The Morgan fingerprint density at radius 2 is 2.19 bits per heavy atom. The van der Waals surface area contributed by atoms with Crippen LogP contribution in [0.25, 0.3) is 10.9 Å². The van der Waals surface area contributed by atoms with Gasteiger partial charge in [-0.15, -0.1) is 11.3 Å². The molecule has 3 heterocycles. The van der Waals surface area contributed by atoms with Gasteiger partial charge in [0, 0.05) is 36.8 Å². The summed E-state index contributed by atoms with van der Waals surface area (Å²) in [4.78, 5) is 20.4. The number of piperidine rings is 1. The molecule has 4 rings (SSSR count). The summed E-state index contributed by atoms with van der Waals surface area (Å²) in [6, 6.07) is 9.30. The number of pyridine rings is 1. The topological polar surface area (TPSA) is 101 Å². The molecule has 1 fully saturated rings. The fourth-order valence-electron chi connectivity index (χ4n) is 4.88. The molecule has 0 aliphatic carbocycles. The molecule has 1 saturated heterocycles. The second kappa shape index (κ2) is 11.8. The van der Waals surface area contributed by atoms with Crippen molar-refractivity contribution < 1.29 is 19.1 Å². The maximum Gasteiger partial charge on any atom is 0.249 e. The van der Waals surface area contributed by atoms with Crippen LogP contribution in [0.4, 0.5) is 4.39 Å². The van der Waals surface area contributed by atoms with Crippen molar-refractivity contribution in [1.82, 2.24) is 15.4 Å². The molecule has 1 aliphatic rings. The Morgan fingerprint density at radius 3 is 2.86 bits per heavy atom. The zero-order valence-corrected chi connectivity index (χ0v) is 21.1. The second-order valence-electron chi connectivity index (χ2n) is 9.07. The molecule has 4 N–H and O–H groups in total. The van der Waals surface area contributed by atoms with E-state index in [4.69, 9.17) is 10.5 Å². The number of carbonyl (C=O) groups is 1. The van der Waals surface area contributed by atoms with Gasteiger partial charge in [0.25, 0.3) is 0 Å². The highest BCUT2D eigenvalue weighted by Crippen LogP contribution is 2.41. The van der Waals surface area contributed by atoms with Crippen molar-refractivity contribution in [2.24, 2.45) is 11.1 Å². The number of nitrogens with one attached hydrogen (secondary N) is 1. The van der Waals surface area contributed by atoms with Gasteiger partial charge in [0.1, 0.15) is 11.9 Å². The molecule has 1 aliphatic heterocycles. The number of methoxy groups -OCH3 is 1. The molecule has 0 unspecified atom stereocenters. The molecule has 190 valence electrons. The number of benzene rings is 1. The first-order valence-electron chi connectivity index (χ1n) is 12.0. The molecular weight excluding hydrogens is 479 g/mol. The fraction of sp³-hybridized carbons (Fsp3) is 0.407. The molecule has 1 atom stereocenters. The highest BCUT2D eigenvalue weighted by atomic mass is 32.1. The van der Waals surface area contributed by atoms with Crippen LogP contribution in [0, 0.1) is 17.3 Å². The van der Waals surface area contributed by atoms with E-state index in [9.17, 15) is 10.0 Å². The number of hydrogen-bond acceptors (Lipinski definition) is 7. The first-order chi connectivity index (χ1) is 17.5. The molecule has 36 heavy (non-hydrogen) atoms. The van der Waals surface area contributed by atoms with E-state index in [1.807, 2.05) is 23.0 Å². The number of thiophene rings is 1. The lowest BCUT2D eigenvalue weighted by atomic mass is 9.73. The Hall–Kier alpha value is -3.03. The standard InChI is InChI=1S/C27H31FN4O3S/c1-35-20-6-7-24-22(16-20)25(19(17-29)18-30-24)23(28)8-9-27(26(33)31-34)10-13-32(14-11-27)12-2-4-21-5-3-15-36-21/h3,5-7,15-16,18,23,34H,8-14,17,29H2,1H3,(H,31,33)/t23-/m1/s1. The fourth-order valence-corrected chi connectivity index (χ4v) is 5.47. The van der Waals surface area contributed by atoms with Crippen LogP contribution in [0.1, 0.15) is 47.9 Å². The number of fused-ring (bicyclic) bond motifs is 1. The monoisotopic (exact) mass is 510 g/mol. The van der Waals surface area contributed by atoms with E-state index >= 15 is 4.39 Å². The van der Waals surface area contributed by atoms with E-state index in [2.05, 4.69) is 21.7 Å². The molecule has 1 aromatic carbocycles. The van der Waals surface area contributed by atoms with Gasteiger partial charge in [-0.2, -0.15) is 0 Å². The summed E-state index contributed by atoms with van der Waals surface area (Å²) >= 11 is 1.60. The van der Waals surface area contributed by atoms with Gasteiger partial charge in [0.05, 0.1) is 29.5 Å². The number of alkyl halides is 1. The van der Waals surface area contributed by atoms with E-state index in [1.165, 1.54) is 0 Å². The Bertz CT molecular complexity index is 1240. The van der Waals surface area contributed by atoms with Gasteiger partial charge in [-0.25, -0.2) is 9.87 Å². The quantitative estimate of drug-likeness (QED) is 0.239. The highest BCUT2D eigenvalue weighted by molar-refractivity contribution is 7.10. The summed E-state index contributed by atoms with van der Waals surface area (Å²) in [5, 5.41) is 12.1. The minimum Gasteiger partial charge on any atom is -0.497 e. The highest BCUT2D eigenvalue weighted by Gasteiger charge is 2.41.